The van der Waals surface area contributed by atoms with Crippen LogP contribution in [-0.2, 0) is 11.2 Å². The third kappa shape index (κ3) is 4.39. The molecule has 1 aromatic carbocycles. The molecule has 0 saturated heterocycles. The Morgan fingerprint density at radius 1 is 1.23 bits per heavy atom. The molecule has 7 heteroatoms. The van der Waals surface area contributed by atoms with Crippen molar-refractivity contribution >= 4 is 17.5 Å². The molecule has 2 aromatic rings. The molecule has 0 aliphatic heterocycles. The number of hydrogen-bond acceptors (Lipinski definition) is 3. The number of nitrogens with zero attached hydrogens (tertiary/aromatic N) is 1. The molecule has 0 radical (unpaired) electrons. The number of pyridine rings is 1. The van der Waals surface area contributed by atoms with E-state index in [9.17, 15) is 13.6 Å². The van der Waals surface area contributed by atoms with Gasteiger partial charge in [-0.2, -0.15) is 0 Å². The number of benzene rings is 1. The van der Waals surface area contributed by atoms with Gasteiger partial charge in [0.15, 0.2) is 17.5 Å². The van der Waals surface area contributed by atoms with E-state index in [1.165, 1.54) is 24.4 Å². The zero-order valence-electron chi connectivity index (χ0n) is 11.5. The third-order valence-corrected chi connectivity index (χ3v) is 3.13. The topological polar surface area (TPSA) is 51.2 Å². The van der Waals surface area contributed by atoms with Gasteiger partial charge in [-0.25, -0.2) is 13.8 Å². The Labute approximate surface area is 131 Å². The van der Waals surface area contributed by atoms with E-state index in [2.05, 4.69) is 10.3 Å². The minimum absolute atomic E-state index is 0.0535. The lowest BCUT2D eigenvalue weighted by Gasteiger charge is -2.09. The molecular weight excluding hydrogens is 314 g/mol. The Morgan fingerprint density at radius 2 is 1.95 bits per heavy atom. The van der Waals surface area contributed by atoms with Crippen LogP contribution in [0.5, 0.6) is 5.75 Å². The lowest BCUT2D eigenvalue weighted by atomic mass is 10.1. The summed E-state index contributed by atoms with van der Waals surface area (Å²) in [6.07, 6.45) is 1.55. The van der Waals surface area contributed by atoms with E-state index in [0.717, 1.165) is 0 Å². The molecule has 22 heavy (non-hydrogen) atoms. The second-order valence-corrected chi connectivity index (χ2v) is 4.74. The normalized spacial score (nSPS) is 10.3. The van der Waals surface area contributed by atoms with Gasteiger partial charge in [-0.15, -0.1) is 0 Å². The summed E-state index contributed by atoms with van der Waals surface area (Å²) >= 11 is 5.78. The standard InChI is InChI=1S/C15H13ClF2N2O2/c16-15-13(5-2-7-20-15)22-9-14(21)19-8-6-10-11(17)3-1-4-12(10)18/h1-5,7H,6,8-9H2,(H,19,21). The van der Waals surface area contributed by atoms with Crippen LogP contribution in [-0.4, -0.2) is 24.0 Å². The van der Waals surface area contributed by atoms with Crippen LogP contribution in [0.25, 0.3) is 0 Å². The molecule has 1 heterocycles. The maximum atomic E-state index is 13.4. The fourth-order valence-electron chi connectivity index (χ4n) is 1.77. The summed E-state index contributed by atoms with van der Waals surface area (Å²) in [6, 6.07) is 6.84. The van der Waals surface area contributed by atoms with Crippen LogP contribution < -0.4 is 10.1 Å². The van der Waals surface area contributed by atoms with Crippen molar-refractivity contribution in [1.29, 1.82) is 0 Å². The Kier molecular flexibility index (Phi) is 5.66. The van der Waals surface area contributed by atoms with Crippen molar-refractivity contribution in [2.45, 2.75) is 6.42 Å². The molecule has 0 atom stereocenters. The van der Waals surface area contributed by atoms with Gasteiger partial charge in [-0.05, 0) is 30.7 Å². The third-order valence-electron chi connectivity index (χ3n) is 2.84. The highest BCUT2D eigenvalue weighted by atomic mass is 35.5. The number of carbonyl (C=O) groups excluding carboxylic acids is 1. The quantitative estimate of drug-likeness (QED) is 0.830. The number of hydrogen-bond donors (Lipinski definition) is 1. The van der Waals surface area contributed by atoms with E-state index in [-0.39, 0.29) is 30.3 Å². The van der Waals surface area contributed by atoms with Crippen molar-refractivity contribution in [3.8, 4) is 5.75 Å². The number of nitrogens with one attached hydrogen (secondary N) is 1. The van der Waals surface area contributed by atoms with E-state index in [0.29, 0.717) is 5.75 Å². The van der Waals surface area contributed by atoms with Gasteiger partial charge in [0, 0.05) is 18.3 Å². The van der Waals surface area contributed by atoms with Gasteiger partial charge in [0.1, 0.15) is 11.6 Å². The molecule has 0 aliphatic rings. The van der Waals surface area contributed by atoms with Crippen molar-refractivity contribution in [3.63, 3.8) is 0 Å². The summed E-state index contributed by atoms with van der Waals surface area (Å²) in [5, 5.41) is 2.67. The van der Waals surface area contributed by atoms with Crippen LogP contribution in [0.1, 0.15) is 5.56 Å². The first-order valence-corrected chi connectivity index (χ1v) is 6.88. The predicted octanol–water partition coefficient (Wildman–Crippen LogP) is 2.75. The average Bonchev–Trinajstić information content (AvgIpc) is 2.49. The molecule has 0 bridgehead atoms. The van der Waals surface area contributed by atoms with Gasteiger partial charge in [-0.3, -0.25) is 4.79 Å². The van der Waals surface area contributed by atoms with Gasteiger partial charge < -0.3 is 10.1 Å². The number of halogens is 3. The zero-order valence-corrected chi connectivity index (χ0v) is 12.2. The van der Waals surface area contributed by atoms with Crippen molar-refractivity contribution in [1.82, 2.24) is 10.3 Å². The molecule has 0 saturated carbocycles. The Bertz CT molecular complexity index is 647. The van der Waals surface area contributed by atoms with Crippen molar-refractivity contribution < 1.29 is 18.3 Å². The minimum Gasteiger partial charge on any atom is -0.481 e. The van der Waals surface area contributed by atoms with Gasteiger partial charge >= 0.3 is 0 Å². The number of rotatable bonds is 6. The van der Waals surface area contributed by atoms with Crippen molar-refractivity contribution in [2.75, 3.05) is 13.2 Å². The monoisotopic (exact) mass is 326 g/mol. The second-order valence-electron chi connectivity index (χ2n) is 4.38. The van der Waals surface area contributed by atoms with E-state index in [1.807, 2.05) is 0 Å². The maximum Gasteiger partial charge on any atom is 0.257 e. The van der Waals surface area contributed by atoms with E-state index >= 15 is 0 Å². The summed E-state index contributed by atoms with van der Waals surface area (Å²) in [5.41, 5.74) is -0.0565. The van der Waals surface area contributed by atoms with Crippen molar-refractivity contribution in [3.05, 3.63) is 58.9 Å². The average molecular weight is 327 g/mol. The number of amides is 1. The Balaban J connectivity index is 1.78. The predicted molar refractivity (Wildman–Crippen MR) is 77.8 cm³/mol. The summed E-state index contributed by atoms with van der Waals surface area (Å²) < 4.78 is 32.0. The molecule has 0 spiro atoms. The Hall–Kier alpha value is -2.21. The first-order chi connectivity index (χ1) is 10.6. The van der Waals surface area contributed by atoms with Crippen LogP contribution in [0.15, 0.2) is 36.5 Å². The summed E-state index contributed by atoms with van der Waals surface area (Å²) in [7, 11) is 0. The van der Waals surface area contributed by atoms with Gasteiger partial charge in [0.05, 0.1) is 0 Å². The first kappa shape index (κ1) is 16.2. The second kappa shape index (κ2) is 7.70. The molecule has 2 rings (SSSR count). The first-order valence-electron chi connectivity index (χ1n) is 6.51. The largest absolute Gasteiger partial charge is 0.481 e. The highest BCUT2D eigenvalue weighted by Gasteiger charge is 2.09. The molecule has 1 N–H and O–H groups in total. The van der Waals surface area contributed by atoms with E-state index < -0.39 is 17.5 Å². The van der Waals surface area contributed by atoms with Crippen LogP contribution in [0.2, 0.25) is 5.15 Å². The van der Waals surface area contributed by atoms with Crippen LogP contribution >= 0.6 is 11.6 Å². The number of carbonyl (C=O) groups is 1. The fraction of sp³-hybridized carbons (Fsp3) is 0.200. The van der Waals surface area contributed by atoms with Crippen LogP contribution in [0, 0.1) is 11.6 Å². The minimum atomic E-state index is -0.632. The molecule has 1 aromatic heterocycles. The number of aromatic nitrogens is 1. The summed E-state index contributed by atoms with van der Waals surface area (Å²) in [4.78, 5) is 15.4. The smallest absolute Gasteiger partial charge is 0.257 e. The SMILES string of the molecule is O=C(COc1cccnc1Cl)NCCc1c(F)cccc1F. The molecular formula is C15H13ClF2N2O2. The summed E-state index contributed by atoms with van der Waals surface area (Å²) in [5.74, 6) is -1.39. The molecule has 0 aliphatic carbocycles. The van der Waals surface area contributed by atoms with E-state index in [1.54, 1.807) is 12.1 Å². The van der Waals surface area contributed by atoms with Gasteiger partial charge in [0.25, 0.3) is 5.91 Å². The van der Waals surface area contributed by atoms with Crippen molar-refractivity contribution in [2.24, 2.45) is 0 Å². The summed E-state index contributed by atoms with van der Waals surface area (Å²) in [6.45, 7) is -0.161. The fourth-order valence-corrected chi connectivity index (χ4v) is 1.95. The lowest BCUT2D eigenvalue weighted by Crippen LogP contribution is -2.30. The highest BCUT2D eigenvalue weighted by molar-refractivity contribution is 6.30. The number of ether oxygens (including phenoxy) is 1. The molecule has 116 valence electrons. The molecule has 0 unspecified atom stereocenters. The molecule has 0 fully saturated rings. The van der Waals surface area contributed by atoms with Crippen LogP contribution in [0.4, 0.5) is 8.78 Å². The lowest BCUT2D eigenvalue weighted by molar-refractivity contribution is -0.123. The van der Waals surface area contributed by atoms with Gasteiger partial charge in [0.2, 0.25) is 0 Å². The molecule has 4 nitrogen and oxygen atoms in total. The van der Waals surface area contributed by atoms with E-state index in [4.69, 9.17) is 16.3 Å². The maximum absolute atomic E-state index is 13.4. The highest BCUT2D eigenvalue weighted by Crippen LogP contribution is 2.19. The Morgan fingerprint density at radius 3 is 2.64 bits per heavy atom. The molecule has 1 amide bonds. The van der Waals surface area contributed by atoms with Gasteiger partial charge in [-0.1, -0.05) is 17.7 Å². The van der Waals surface area contributed by atoms with Crippen LogP contribution in [0.3, 0.4) is 0 Å². The zero-order chi connectivity index (χ0) is 15.9.